The Balaban J connectivity index is 2.57. The van der Waals surface area contributed by atoms with E-state index in [1.165, 1.54) is 13.0 Å². The van der Waals surface area contributed by atoms with Crippen molar-refractivity contribution in [2.45, 2.75) is 26.4 Å². The van der Waals surface area contributed by atoms with Crippen LogP contribution >= 0.6 is 0 Å². The Morgan fingerprint density at radius 1 is 1.47 bits per heavy atom. The molecule has 0 bridgehead atoms. The molecule has 0 saturated heterocycles. The van der Waals surface area contributed by atoms with E-state index in [0.717, 1.165) is 6.07 Å². The lowest BCUT2D eigenvalue weighted by molar-refractivity contribution is -0.145. The minimum atomic E-state index is -1.07. The quantitative estimate of drug-likeness (QED) is 0.778. The predicted molar refractivity (Wildman–Crippen MR) is 66.8 cm³/mol. The monoisotopic (exact) mass is 273 g/mol. The molecule has 19 heavy (non-hydrogen) atoms. The summed E-state index contributed by atoms with van der Waals surface area (Å²) in [5.41, 5.74) is -0.00769. The van der Waals surface area contributed by atoms with E-state index in [1.54, 1.807) is 6.92 Å². The van der Waals surface area contributed by atoms with Crippen molar-refractivity contribution in [3.05, 3.63) is 29.3 Å². The van der Waals surface area contributed by atoms with E-state index in [4.69, 9.17) is 0 Å². The lowest BCUT2D eigenvalue weighted by Crippen LogP contribution is -2.24. The topological polar surface area (TPSA) is 58.6 Å². The molecule has 6 heteroatoms. The Kier molecular flexibility index (Phi) is 5.69. The third kappa shape index (κ3) is 4.48. The number of halogens is 2. The van der Waals surface area contributed by atoms with Crippen molar-refractivity contribution in [2.75, 3.05) is 18.5 Å². The first-order valence-electron chi connectivity index (χ1n) is 5.97. The van der Waals surface area contributed by atoms with Gasteiger partial charge in [-0.25, -0.2) is 8.78 Å². The average Bonchev–Trinajstić information content (AvgIpc) is 2.34. The van der Waals surface area contributed by atoms with Gasteiger partial charge in [-0.3, -0.25) is 4.79 Å². The molecule has 0 aliphatic rings. The standard InChI is InChI=1S/C13H17F2NO3/c1-3-19-11(18)6-9(17)7-16-13-10(14)5-4-8(2)12(13)15/h4-5,9,16-17H,3,6-7H2,1-2H3. The number of hydrogen-bond donors (Lipinski definition) is 2. The van der Waals surface area contributed by atoms with Gasteiger partial charge >= 0.3 is 5.97 Å². The number of aryl methyl sites for hydroxylation is 1. The highest BCUT2D eigenvalue weighted by Crippen LogP contribution is 2.21. The van der Waals surface area contributed by atoms with E-state index < -0.39 is 23.7 Å². The lowest BCUT2D eigenvalue weighted by Gasteiger charge is -2.14. The second-order valence-corrected chi connectivity index (χ2v) is 4.10. The van der Waals surface area contributed by atoms with Crippen molar-refractivity contribution in [1.82, 2.24) is 0 Å². The van der Waals surface area contributed by atoms with E-state index in [-0.39, 0.29) is 25.3 Å². The van der Waals surface area contributed by atoms with Crippen molar-refractivity contribution in [3.63, 3.8) is 0 Å². The minimum Gasteiger partial charge on any atom is -0.466 e. The zero-order chi connectivity index (χ0) is 14.4. The van der Waals surface area contributed by atoms with Crippen LogP contribution in [-0.2, 0) is 9.53 Å². The number of ether oxygens (including phenoxy) is 1. The molecule has 1 unspecified atom stereocenters. The second-order valence-electron chi connectivity index (χ2n) is 4.10. The Morgan fingerprint density at radius 3 is 2.79 bits per heavy atom. The maximum atomic E-state index is 13.6. The van der Waals surface area contributed by atoms with Crippen molar-refractivity contribution in [1.29, 1.82) is 0 Å². The molecule has 4 nitrogen and oxygen atoms in total. The number of aliphatic hydroxyl groups excluding tert-OH is 1. The fraction of sp³-hybridized carbons (Fsp3) is 0.462. The van der Waals surface area contributed by atoms with Crippen LogP contribution in [0.4, 0.5) is 14.5 Å². The molecular weight excluding hydrogens is 256 g/mol. The Bertz CT molecular complexity index is 452. The molecule has 0 heterocycles. The number of esters is 1. The molecule has 0 aliphatic heterocycles. The third-order valence-corrected chi connectivity index (χ3v) is 2.51. The lowest BCUT2D eigenvalue weighted by atomic mass is 10.2. The van der Waals surface area contributed by atoms with Crippen LogP contribution in [0.5, 0.6) is 0 Å². The van der Waals surface area contributed by atoms with E-state index in [1.807, 2.05) is 0 Å². The number of hydrogen-bond acceptors (Lipinski definition) is 4. The fourth-order valence-corrected chi connectivity index (χ4v) is 1.52. The summed E-state index contributed by atoms with van der Waals surface area (Å²) in [4.78, 5) is 11.1. The zero-order valence-corrected chi connectivity index (χ0v) is 10.9. The van der Waals surface area contributed by atoms with Crippen LogP contribution in [0.2, 0.25) is 0 Å². The normalized spacial score (nSPS) is 12.1. The predicted octanol–water partition coefficient (Wildman–Crippen LogP) is 2.00. The molecule has 0 spiro atoms. The average molecular weight is 273 g/mol. The summed E-state index contributed by atoms with van der Waals surface area (Å²) in [6.07, 6.45) is -1.30. The van der Waals surface area contributed by atoms with E-state index in [0.29, 0.717) is 5.56 Å². The molecule has 0 aromatic heterocycles. The Labute approximate surface area is 110 Å². The Hall–Kier alpha value is -1.69. The summed E-state index contributed by atoms with van der Waals surface area (Å²) in [6, 6.07) is 2.46. The molecule has 1 aromatic rings. The van der Waals surface area contributed by atoms with Crippen molar-refractivity contribution < 1.29 is 23.4 Å². The molecule has 106 valence electrons. The first kappa shape index (κ1) is 15.4. The first-order valence-corrected chi connectivity index (χ1v) is 5.97. The number of nitrogens with one attached hydrogen (secondary N) is 1. The van der Waals surface area contributed by atoms with Crippen LogP contribution in [0.1, 0.15) is 18.9 Å². The molecule has 1 rings (SSSR count). The highest BCUT2D eigenvalue weighted by molar-refractivity contribution is 5.70. The van der Waals surface area contributed by atoms with Crippen molar-refractivity contribution in [3.8, 4) is 0 Å². The largest absolute Gasteiger partial charge is 0.466 e. The maximum absolute atomic E-state index is 13.6. The van der Waals surface area contributed by atoms with Crippen LogP contribution in [0.15, 0.2) is 12.1 Å². The van der Waals surface area contributed by atoms with Crippen LogP contribution < -0.4 is 5.32 Å². The third-order valence-electron chi connectivity index (χ3n) is 2.51. The van der Waals surface area contributed by atoms with Gasteiger partial charge in [-0.15, -0.1) is 0 Å². The van der Waals surface area contributed by atoms with Crippen LogP contribution in [0, 0.1) is 18.6 Å². The fourth-order valence-electron chi connectivity index (χ4n) is 1.52. The molecular formula is C13H17F2NO3. The van der Waals surface area contributed by atoms with Gasteiger partial charge in [0.25, 0.3) is 0 Å². The van der Waals surface area contributed by atoms with Gasteiger partial charge in [0.15, 0.2) is 5.82 Å². The van der Waals surface area contributed by atoms with Gasteiger partial charge in [0, 0.05) is 6.54 Å². The molecule has 1 aromatic carbocycles. The maximum Gasteiger partial charge on any atom is 0.308 e. The highest BCUT2D eigenvalue weighted by atomic mass is 19.1. The van der Waals surface area contributed by atoms with Gasteiger partial charge in [-0.2, -0.15) is 0 Å². The van der Waals surface area contributed by atoms with Crippen molar-refractivity contribution >= 4 is 11.7 Å². The Morgan fingerprint density at radius 2 is 2.16 bits per heavy atom. The summed E-state index contributed by atoms with van der Waals surface area (Å²) in [5.74, 6) is -2.00. The highest BCUT2D eigenvalue weighted by Gasteiger charge is 2.15. The van der Waals surface area contributed by atoms with E-state index >= 15 is 0 Å². The number of aliphatic hydroxyl groups is 1. The first-order chi connectivity index (χ1) is 8.95. The molecule has 0 amide bonds. The van der Waals surface area contributed by atoms with Gasteiger partial charge in [-0.05, 0) is 25.5 Å². The number of carbonyl (C=O) groups excluding carboxylic acids is 1. The van der Waals surface area contributed by atoms with Crippen LogP contribution in [0.3, 0.4) is 0 Å². The summed E-state index contributed by atoms with van der Waals surface area (Å²) < 4.78 is 31.7. The van der Waals surface area contributed by atoms with E-state index in [9.17, 15) is 18.7 Å². The SMILES string of the molecule is CCOC(=O)CC(O)CNc1c(F)ccc(C)c1F. The number of rotatable bonds is 6. The van der Waals surface area contributed by atoms with Gasteiger partial charge in [0.05, 0.1) is 19.1 Å². The smallest absolute Gasteiger partial charge is 0.308 e. The summed E-state index contributed by atoms with van der Waals surface area (Å²) in [7, 11) is 0. The van der Waals surface area contributed by atoms with Crippen molar-refractivity contribution in [2.24, 2.45) is 0 Å². The van der Waals surface area contributed by atoms with Gasteiger partial charge < -0.3 is 15.2 Å². The van der Waals surface area contributed by atoms with Gasteiger partial charge in [0.2, 0.25) is 0 Å². The summed E-state index contributed by atoms with van der Waals surface area (Å²) in [5, 5.41) is 12.0. The summed E-state index contributed by atoms with van der Waals surface area (Å²) in [6.45, 7) is 3.24. The minimum absolute atomic E-state index is 0.143. The molecule has 2 N–H and O–H groups in total. The van der Waals surface area contributed by atoms with Gasteiger partial charge in [0.1, 0.15) is 11.5 Å². The zero-order valence-electron chi connectivity index (χ0n) is 10.9. The number of carbonyl (C=O) groups is 1. The molecule has 1 atom stereocenters. The van der Waals surface area contributed by atoms with Crippen LogP contribution in [-0.4, -0.2) is 30.3 Å². The second kappa shape index (κ2) is 7.04. The molecule has 0 fully saturated rings. The van der Waals surface area contributed by atoms with Crippen LogP contribution in [0.25, 0.3) is 0 Å². The molecule has 0 saturated carbocycles. The molecule has 0 radical (unpaired) electrons. The number of benzene rings is 1. The molecule has 0 aliphatic carbocycles. The van der Waals surface area contributed by atoms with E-state index in [2.05, 4.69) is 10.1 Å². The number of anilines is 1. The van der Waals surface area contributed by atoms with Gasteiger partial charge in [-0.1, -0.05) is 6.07 Å². The summed E-state index contributed by atoms with van der Waals surface area (Å²) >= 11 is 0.